The molecule has 4 rings (SSSR count). The second kappa shape index (κ2) is 8.51. The van der Waals surface area contributed by atoms with Crippen molar-refractivity contribution in [2.75, 3.05) is 23.7 Å². The number of nitrogens with one attached hydrogen (secondary N) is 2. The summed E-state index contributed by atoms with van der Waals surface area (Å²) < 4.78 is 0. The van der Waals surface area contributed by atoms with Gasteiger partial charge in [-0.15, -0.1) is 0 Å². The standard InChI is InChI=1S/C22H20ClN5O2/c1-2-20(29)26-19-8-7-14(11-17(19)23)21(30)28-10-9-16(13-28)25-22-24-12-15-5-3-4-6-18(15)27-22/h2-8,11-12,16H,1,9-10,13H2,(H,26,29)(H,24,25,27)/t16-/m0/s1. The number of carbonyl (C=O) groups excluding carboxylic acids is 2. The molecule has 0 bridgehead atoms. The van der Waals surface area contributed by atoms with E-state index in [1.54, 1.807) is 29.3 Å². The van der Waals surface area contributed by atoms with Gasteiger partial charge in [-0.3, -0.25) is 9.59 Å². The van der Waals surface area contributed by atoms with Gasteiger partial charge in [0, 0.05) is 36.3 Å². The van der Waals surface area contributed by atoms with E-state index >= 15 is 0 Å². The van der Waals surface area contributed by atoms with E-state index in [2.05, 4.69) is 27.2 Å². The van der Waals surface area contributed by atoms with E-state index in [-0.39, 0.29) is 17.9 Å². The van der Waals surface area contributed by atoms with Crippen molar-refractivity contribution in [2.45, 2.75) is 12.5 Å². The molecule has 1 aliphatic heterocycles. The number of halogens is 1. The molecule has 2 amide bonds. The summed E-state index contributed by atoms with van der Waals surface area (Å²) in [4.78, 5) is 35.0. The third kappa shape index (κ3) is 4.26. The fraction of sp³-hybridized carbons (Fsp3) is 0.182. The number of rotatable bonds is 5. The minimum Gasteiger partial charge on any atom is -0.350 e. The van der Waals surface area contributed by atoms with Crippen LogP contribution in [0.2, 0.25) is 5.02 Å². The number of hydrogen-bond acceptors (Lipinski definition) is 5. The Balaban J connectivity index is 1.41. The second-order valence-electron chi connectivity index (χ2n) is 7.02. The van der Waals surface area contributed by atoms with Crippen LogP contribution in [0.4, 0.5) is 11.6 Å². The summed E-state index contributed by atoms with van der Waals surface area (Å²) in [5.74, 6) is 0.0842. The lowest BCUT2D eigenvalue weighted by Crippen LogP contribution is -2.31. The highest BCUT2D eigenvalue weighted by atomic mass is 35.5. The molecule has 1 aromatic heterocycles. The summed E-state index contributed by atoms with van der Waals surface area (Å²) in [6, 6.07) is 12.7. The van der Waals surface area contributed by atoms with E-state index in [1.807, 2.05) is 24.3 Å². The molecule has 3 aromatic rings. The SMILES string of the molecule is C=CC(=O)Nc1ccc(C(=O)N2CC[C@H](Nc3ncc4ccccc4n3)C2)cc1Cl. The van der Waals surface area contributed by atoms with Gasteiger partial charge in [0.15, 0.2) is 0 Å². The molecular formula is C22H20ClN5O2. The van der Waals surface area contributed by atoms with Gasteiger partial charge >= 0.3 is 0 Å². The Hall–Kier alpha value is -3.45. The van der Waals surface area contributed by atoms with Gasteiger partial charge in [-0.05, 0) is 36.8 Å². The molecule has 7 nitrogen and oxygen atoms in total. The molecule has 2 aromatic carbocycles. The highest BCUT2D eigenvalue weighted by Crippen LogP contribution is 2.25. The van der Waals surface area contributed by atoms with Crippen molar-refractivity contribution >= 4 is 46.0 Å². The Bertz CT molecular complexity index is 1130. The van der Waals surface area contributed by atoms with Crippen LogP contribution in [0.3, 0.4) is 0 Å². The molecule has 0 radical (unpaired) electrons. The van der Waals surface area contributed by atoms with Gasteiger partial charge in [-0.25, -0.2) is 9.97 Å². The van der Waals surface area contributed by atoms with Gasteiger partial charge in [0.2, 0.25) is 11.9 Å². The zero-order valence-corrected chi connectivity index (χ0v) is 16.9. The summed E-state index contributed by atoms with van der Waals surface area (Å²) in [6.45, 7) is 4.57. The van der Waals surface area contributed by atoms with Gasteiger partial charge in [0.1, 0.15) is 0 Å². The molecule has 1 atom stereocenters. The molecule has 1 fully saturated rings. The molecule has 8 heteroatoms. The van der Waals surface area contributed by atoms with Crippen LogP contribution >= 0.6 is 11.6 Å². The number of carbonyl (C=O) groups is 2. The molecule has 0 unspecified atom stereocenters. The van der Waals surface area contributed by atoms with E-state index in [0.717, 1.165) is 23.4 Å². The molecule has 152 valence electrons. The first-order chi connectivity index (χ1) is 14.5. The smallest absolute Gasteiger partial charge is 0.253 e. The Kier molecular flexibility index (Phi) is 5.63. The van der Waals surface area contributed by atoms with E-state index in [4.69, 9.17) is 11.6 Å². The molecule has 1 saturated heterocycles. The fourth-order valence-corrected chi connectivity index (χ4v) is 3.63. The van der Waals surface area contributed by atoms with Crippen LogP contribution in [-0.2, 0) is 4.79 Å². The minimum absolute atomic E-state index is 0.0664. The van der Waals surface area contributed by atoms with Crippen molar-refractivity contribution in [3.63, 3.8) is 0 Å². The third-order valence-electron chi connectivity index (χ3n) is 4.96. The van der Waals surface area contributed by atoms with Gasteiger partial charge in [-0.2, -0.15) is 0 Å². The van der Waals surface area contributed by atoms with Crippen LogP contribution in [0.25, 0.3) is 10.9 Å². The van der Waals surface area contributed by atoms with Gasteiger partial charge in [0.25, 0.3) is 5.91 Å². The van der Waals surface area contributed by atoms with Crippen molar-refractivity contribution in [1.82, 2.24) is 14.9 Å². The molecule has 30 heavy (non-hydrogen) atoms. The number of benzene rings is 2. The Morgan fingerprint density at radius 3 is 2.87 bits per heavy atom. The van der Waals surface area contributed by atoms with Crippen LogP contribution < -0.4 is 10.6 Å². The second-order valence-corrected chi connectivity index (χ2v) is 7.43. The molecule has 2 N–H and O–H groups in total. The number of likely N-dealkylation sites (tertiary alicyclic amines) is 1. The maximum absolute atomic E-state index is 12.9. The number of anilines is 2. The number of aromatic nitrogens is 2. The zero-order chi connectivity index (χ0) is 21.1. The lowest BCUT2D eigenvalue weighted by atomic mass is 10.2. The van der Waals surface area contributed by atoms with Crippen molar-refractivity contribution in [3.8, 4) is 0 Å². The summed E-state index contributed by atoms with van der Waals surface area (Å²) >= 11 is 6.22. The Labute approximate surface area is 178 Å². The van der Waals surface area contributed by atoms with Crippen molar-refractivity contribution in [2.24, 2.45) is 0 Å². The summed E-state index contributed by atoms with van der Waals surface area (Å²) in [5, 5.41) is 7.21. The maximum Gasteiger partial charge on any atom is 0.253 e. The molecular weight excluding hydrogens is 402 g/mol. The highest BCUT2D eigenvalue weighted by Gasteiger charge is 2.27. The van der Waals surface area contributed by atoms with E-state index in [0.29, 0.717) is 35.3 Å². The van der Waals surface area contributed by atoms with Gasteiger partial charge in [-0.1, -0.05) is 36.4 Å². The van der Waals surface area contributed by atoms with Crippen molar-refractivity contribution in [3.05, 3.63) is 71.9 Å². The molecule has 0 saturated carbocycles. The van der Waals surface area contributed by atoms with Crippen LogP contribution in [-0.4, -0.2) is 45.8 Å². The number of nitrogens with zero attached hydrogens (tertiary/aromatic N) is 3. The average Bonchev–Trinajstić information content (AvgIpc) is 3.22. The zero-order valence-electron chi connectivity index (χ0n) is 16.1. The van der Waals surface area contributed by atoms with Gasteiger partial charge < -0.3 is 15.5 Å². The molecule has 0 aliphatic carbocycles. The maximum atomic E-state index is 12.9. The first-order valence-electron chi connectivity index (χ1n) is 9.54. The average molecular weight is 422 g/mol. The largest absolute Gasteiger partial charge is 0.350 e. The van der Waals surface area contributed by atoms with Crippen molar-refractivity contribution in [1.29, 1.82) is 0 Å². The van der Waals surface area contributed by atoms with E-state index in [9.17, 15) is 9.59 Å². The number of fused-ring (bicyclic) bond motifs is 1. The first-order valence-corrected chi connectivity index (χ1v) is 9.92. The summed E-state index contributed by atoms with van der Waals surface area (Å²) in [6.07, 6.45) is 3.74. The molecule has 2 heterocycles. The van der Waals surface area contributed by atoms with Crippen LogP contribution in [0.1, 0.15) is 16.8 Å². The number of amides is 2. The van der Waals surface area contributed by atoms with E-state index < -0.39 is 0 Å². The summed E-state index contributed by atoms with van der Waals surface area (Å²) in [7, 11) is 0. The quantitative estimate of drug-likeness (QED) is 0.613. The van der Waals surface area contributed by atoms with Crippen molar-refractivity contribution < 1.29 is 9.59 Å². The minimum atomic E-state index is -0.361. The lowest BCUT2D eigenvalue weighted by molar-refractivity contribution is -0.111. The number of para-hydroxylation sites is 1. The van der Waals surface area contributed by atoms with Crippen LogP contribution in [0.15, 0.2) is 61.3 Å². The fourth-order valence-electron chi connectivity index (χ4n) is 3.40. The van der Waals surface area contributed by atoms with Crippen LogP contribution in [0.5, 0.6) is 0 Å². The summed E-state index contributed by atoms with van der Waals surface area (Å²) in [5.41, 5.74) is 1.78. The molecule has 0 spiro atoms. The number of hydrogen-bond donors (Lipinski definition) is 2. The Morgan fingerprint density at radius 2 is 2.07 bits per heavy atom. The molecule has 1 aliphatic rings. The normalized spacial score (nSPS) is 15.8. The van der Waals surface area contributed by atoms with E-state index in [1.165, 1.54) is 0 Å². The van der Waals surface area contributed by atoms with Gasteiger partial charge in [0.05, 0.1) is 16.2 Å². The first kappa shape index (κ1) is 19.8. The topological polar surface area (TPSA) is 87.2 Å². The Morgan fingerprint density at radius 1 is 1.23 bits per heavy atom. The predicted molar refractivity (Wildman–Crippen MR) is 118 cm³/mol. The third-order valence-corrected chi connectivity index (χ3v) is 5.27. The monoisotopic (exact) mass is 421 g/mol. The lowest BCUT2D eigenvalue weighted by Gasteiger charge is -2.18. The highest BCUT2D eigenvalue weighted by molar-refractivity contribution is 6.34. The predicted octanol–water partition coefficient (Wildman–Crippen LogP) is 3.73. The van der Waals surface area contributed by atoms with Crippen LogP contribution in [0, 0.1) is 0 Å².